The SMILES string of the molecule is Ic1ncnc2ocnc12. The summed E-state index contributed by atoms with van der Waals surface area (Å²) in [7, 11) is 0. The van der Waals surface area contributed by atoms with Crippen molar-refractivity contribution in [3.8, 4) is 0 Å². The first-order valence-corrected chi connectivity index (χ1v) is 3.65. The van der Waals surface area contributed by atoms with Gasteiger partial charge in [0.05, 0.1) is 0 Å². The molecule has 0 unspecified atom stereocenters. The summed E-state index contributed by atoms with van der Waals surface area (Å²) in [6, 6.07) is 0. The second-order valence-electron chi connectivity index (χ2n) is 1.67. The molecule has 0 saturated carbocycles. The molecule has 10 heavy (non-hydrogen) atoms. The molecule has 0 aliphatic rings. The van der Waals surface area contributed by atoms with E-state index in [1.165, 1.54) is 12.7 Å². The van der Waals surface area contributed by atoms with Crippen molar-refractivity contribution in [2.45, 2.75) is 0 Å². The number of hydrogen-bond donors (Lipinski definition) is 0. The van der Waals surface area contributed by atoms with E-state index < -0.39 is 0 Å². The number of hydrogen-bond acceptors (Lipinski definition) is 4. The van der Waals surface area contributed by atoms with Crippen LogP contribution >= 0.6 is 22.6 Å². The fraction of sp³-hybridized carbons (Fsp3) is 0. The first-order chi connectivity index (χ1) is 4.88. The summed E-state index contributed by atoms with van der Waals surface area (Å²) in [6.45, 7) is 0. The van der Waals surface area contributed by atoms with Gasteiger partial charge >= 0.3 is 0 Å². The zero-order valence-electron chi connectivity index (χ0n) is 4.78. The highest BCUT2D eigenvalue weighted by Crippen LogP contribution is 2.12. The average Bonchev–Trinajstić information content (AvgIpc) is 2.36. The molecule has 0 bridgehead atoms. The van der Waals surface area contributed by atoms with E-state index in [1.807, 2.05) is 0 Å². The molecule has 0 aliphatic carbocycles. The van der Waals surface area contributed by atoms with Crippen molar-refractivity contribution in [3.63, 3.8) is 0 Å². The van der Waals surface area contributed by atoms with Crippen LogP contribution in [0.5, 0.6) is 0 Å². The molecule has 2 heterocycles. The van der Waals surface area contributed by atoms with Crippen LogP contribution in [0.2, 0.25) is 0 Å². The number of nitrogens with zero attached hydrogens (tertiary/aromatic N) is 3. The minimum atomic E-state index is 0.541. The average molecular weight is 247 g/mol. The van der Waals surface area contributed by atoms with Crippen molar-refractivity contribution < 1.29 is 4.42 Å². The number of rotatable bonds is 0. The van der Waals surface area contributed by atoms with Gasteiger partial charge in [-0.25, -0.2) is 9.97 Å². The summed E-state index contributed by atoms with van der Waals surface area (Å²) in [5.41, 5.74) is 1.27. The van der Waals surface area contributed by atoms with Gasteiger partial charge in [-0.1, -0.05) is 0 Å². The fourth-order valence-electron chi connectivity index (χ4n) is 0.666. The predicted molar refractivity (Wildman–Crippen MR) is 42.3 cm³/mol. The first-order valence-electron chi connectivity index (χ1n) is 2.57. The Labute approximate surface area is 69.8 Å². The van der Waals surface area contributed by atoms with Crippen molar-refractivity contribution in [1.29, 1.82) is 0 Å². The number of aromatic nitrogens is 3. The maximum absolute atomic E-state index is 4.93. The third-order valence-electron chi connectivity index (χ3n) is 1.09. The molecule has 2 aromatic rings. The van der Waals surface area contributed by atoms with Crippen LogP contribution in [0, 0.1) is 3.70 Å². The van der Waals surface area contributed by atoms with Gasteiger partial charge in [0.2, 0.25) is 0 Å². The van der Waals surface area contributed by atoms with Crippen molar-refractivity contribution in [2.75, 3.05) is 0 Å². The predicted octanol–water partition coefficient (Wildman–Crippen LogP) is 1.22. The lowest BCUT2D eigenvalue weighted by molar-refractivity contribution is 0.590. The molecule has 0 aromatic carbocycles. The summed E-state index contributed by atoms with van der Waals surface area (Å²) in [5.74, 6) is 0. The molecular formula is C5H2IN3O. The minimum absolute atomic E-state index is 0.541. The maximum Gasteiger partial charge on any atom is 0.250 e. The highest BCUT2D eigenvalue weighted by Gasteiger charge is 2.02. The molecule has 5 heteroatoms. The molecule has 0 atom stereocenters. The number of halogens is 1. The standard InChI is InChI=1S/C5H2IN3O/c6-4-3-5(8-1-7-4)10-2-9-3/h1-2H. The van der Waals surface area contributed by atoms with E-state index >= 15 is 0 Å². The lowest BCUT2D eigenvalue weighted by atomic mass is 10.6. The van der Waals surface area contributed by atoms with Gasteiger partial charge in [0, 0.05) is 0 Å². The van der Waals surface area contributed by atoms with E-state index in [0.717, 1.165) is 9.22 Å². The van der Waals surface area contributed by atoms with Crippen LogP contribution in [0.15, 0.2) is 17.1 Å². The van der Waals surface area contributed by atoms with Crippen molar-refractivity contribution in [2.24, 2.45) is 0 Å². The molecule has 0 aliphatic heterocycles. The van der Waals surface area contributed by atoms with E-state index in [9.17, 15) is 0 Å². The summed E-state index contributed by atoms with van der Waals surface area (Å²) >= 11 is 2.08. The summed E-state index contributed by atoms with van der Waals surface area (Å²) < 4.78 is 5.75. The van der Waals surface area contributed by atoms with Crippen LogP contribution in [0.3, 0.4) is 0 Å². The second kappa shape index (κ2) is 2.15. The van der Waals surface area contributed by atoms with Crippen LogP contribution in [-0.4, -0.2) is 15.0 Å². The molecule has 0 spiro atoms. The van der Waals surface area contributed by atoms with Gasteiger partial charge in [-0.15, -0.1) is 0 Å². The highest BCUT2D eigenvalue weighted by atomic mass is 127. The maximum atomic E-state index is 4.93. The van der Waals surface area contributed by atoms with Gasteiger partial charge in [0.1, 0.15) is 10.0 Å². The minimum Gasteiger partial charge on any atom is -0.425 e. The lowest BCUT2D eigenvalue weighted by Gasteiger charge is -1.85. The molecule has 2 rings (SSSR count). The quantitative estimate of drug-likeness (QED) is 0.518. The molecule has 0 radical (unpaired) electrons. The molecule has 0 saturated heterocycles. The number of fused-ring (bicyclic) bond motifs is 1. The first kappa shape index (κ1) is 6.02. The molecule has 2 aromatic heterocycles. The molecule has 4 nitrogen and oxygen atoms in total. The Kier molecular flexibility index (Phi) is 1.30. The zero-order chi connectivity index (χ0) is 6.97. The summed E-state index contributed by atoms with van der Waals surface area (Å²) in [4.78, 5) is 11.7. The van der Waals surface area contributed by atoms with Gasteiger partial charge in [-0.05, 0) is 22.6 Å². The van der Waals surface area contributed by atoms with E-state index in [-0.39, 0.29) is 0 Å². The molecule has 0 amide bonds. The fourth-order valence-corrected chi connectivity index (χ4v) is 1.16. The Morgan fingerprint density at radius 1 is 1.30 bits per heavy atom. The van der Waals surface area contributed by atoms with Crippen molar-refractivity contribution >= 4 is 33.8 Å². The van der Waals surface area contributed by atoms with Crippen LogP contribution in [0.4, 0.5) is 0 Å². The van der Waals surface area contributed by atoms with Gasteiger partial charge in [-0.2, -0.15) is 4.98 Å². The molecule has 0 N–H and O–H groups in total. The molecule has 50 valence electrons. The largest absolute Gasteiger partial charge is 0.425 e. The van der Waals surface area contributed by atoms with Crippen LogP contribution < -0.4 is 0 Å². The van der Waals surface area contributed by atoms with E-state index in [4.69, 9.17) is 4.42 Å². The van der Waals surface area contributed by atoms with Gasteiger partial charge in [0.15, 0.2) is 11.9 Å². The van der Waals surface area contributed by atoms with Gasteiger partial charge < -0.3 is 4.42 Å². The topological polar surface area (TPSA) is 51.8 Å². The summed E-state index contributed by atoms with van der Waals surface area (Å²) in [6.07, 6.45) is 2.82. The Morgan fingerprint density at radius 2 is 2.20 bits per heavy atom. The van der Waals surface area contributed by atoms with E-state index in [2.05, 4.69) is 37.5 Å². The van der Waals surface area contributed by atoms with Crippen LogP contribution in [0.1, 0.15) is 0 Å². The Hall–Kier alpha value is -0.720. The zero-order valence-corrected chi connectivity index (χ0v) is 6.94. The molecular weight excluding hydrogens is 245 g/mol. The van der Waals surface area contributed by atoms with Crippen molar-refractivity contribution in [1.82, 2.24) is 15.0 Å². The third-order valence-corrected chi connectivity index (χ3v) is 1.88. The molecule has 0 fully saturated rings. The Bertz CT molecular complexity index is 358. The number of oxazole rings is 1. The van der Waals surface area contributed by atoms with Crippen molar-refractivity contribution in [3.05, 3.63) is 16.4 Å². The van der Waals surface area contributed by atoms with E-state index in [1.54, 1.807) is 0 Å². The van der Waals surface area contributed by atoms with Crippen LogP contribution in [-0.2, 0) is 0 Å². The third kappa shape index (κ3) is 0.772. The monoisotopic (exact) mass is 247 g/mol. The van der Waals surface area contributed by atoms with Gasteiger partial charge in [0.25, 0.3) is 5.71 Å². The second-order valence-corrected chi connectivity index (χ2v) is 2.69. The summed E-state index contributed by atoms with van der Waals surface area (Å²) in [5, 5.41) is 0. The highest BCUT2D eigenvalue weighted by molar-refractivity contribution is 14.1. The normalized spacial score (nSPS) is 10.5. The van der Waals surface area contributed by atoms with Crippen LogP contribution in [0.25, 0.3) is 11.2 Å². The Balaban J connectivity index is 2.95. The smallest absolute Gasteiger partial charge is 0.250 e. The Morgan fingerprint density at radius 3 is 3.00 bits per heavy atom. The lowest BCUT2D eigenvalue weighted by Crippen LogP contribution is -1.83. The van der Waals surface area contributed by atoms with E-state index in [0.29, 0.717) is 5.71 Å². The van der Waals surface area contributed by atoms with Gasteiger partial charge in [-0.3, -0.25) is 0 Å².